The van der Waals surface area contributed by atoms with Crippen LogP contribution in [0.2, 0.25) is 0 Å². The lowest BCUT2D eigenvalue weighted by Crippen LogP contribution is -2.34. The number of benzene rings is 2. The highest BCUT2D eigenvalue weighted by atomic mass is 16.7. The van der Waals surface area contributed by atoms with Gasteiger partial charge < -0.3 is 19.7 Å². The second kappa shape index (κ2) is 7.35. The van der Waals surface area contributed by atoms with Gasteiger partial charge in [-0.25, -0.2) is 0 Å². The van der Waals surface area contributed by atoms with Crippen molar-refractivity contribution in [3.63, 3.8) is 0 Å². The van der Waals surface area contributed by atoms with Crippen molar-refractivity contribution in [1.29, 1.82) is 0 Å². The number of carbonyl (C=O) groups excluding carboxylic acids is 2. The third kappa shape index (κ3) is 3.40. The molecule has 1 saturated carbocycles. The minimum Gasteiger partial charge on any atom is -0.448 e. The molecule has 0 bridgehead atoms. The van der Waals surface area contributed by atoms with Crippen LogP contribution < -0.4 is 14.8 Å². The van der Waals surface area contributed by atoms with E-state index < -0.39 is 5.79 Å². The molecule has 2 aromatic rings. The highest BCUT2D eigenvalue weighted by molar-refractivity contribution is 5.97. The molecule has 2 amide bonds. The molecule has 1 saturated heterocycles. The molecular formula is C24H26N2O4. The van der Waals surface area contributed by atoms with Crippen molar-refractivity contribution < 1.29 is 19.1 Å². The quantitative estimate of drug-likeness (QED) is 0.823. The molecule has 1 spiro atoms. The molecule has 0 aromatic heterocycles. The minimum absolute atomic E-state index is 0.0142. The van der Waals surface area contributed by atoms with Crippen LogP contribution in [0.3, 0.4) is 0 Å². The van der Waals surface area contributed by atoms with Crippen molar-refractivity contribution in [3.8, 4) is 11.5 Å². The monoisotopic (exact) mass is 406 g/mol. The Morgan fingerprint density at radius 3 is 2.60 bits per heavy atom. The number of carbonyl (C=O) groups is 2. The van der Waals surface area contributed by atoms with E-state index >= 15 is 0 Å². The molecule has 2 heterocycles. The van der Waals surface area contributed by atoms with Gasteiger partial charge in [-0.2, -0.15) is 0 Å². The van der Waals surface area contributed by atoms with E-state index in [0.29, 0.717) is 18.0 Å². The number of ether oxygens (including phenoxy) is 2. The zero-order valence-corrected chi connectivity index (χ0v) is 17.1. The Kier molecular flexibility index (Phi) is 4.65. The fourth-order valence-corrected chi connectivity index (χ4v) is 4.73. The lowest BCUT2D eigenvalue weighted by molar-refractivity contribution is -0.129. The van der Waals surface area contributed by atoms with Gasteiger partial charge in [0.15, 0.2) is 11.5 Å². The molecular weight excluding hydrogens is 380 g/mol. The van der Waals surface area contributed by atoms with E-state index in [2.05, 4.69) is 5.32 Å². The Balaban J connectivity index is 1.24. The molecule has 1 N–H and O–H groups in total. The molecule has 2 fully saturated rings. The normalized spacial score (nSPS) is 22.5. The third-order valence-electron chi connectivity index (χ3n) is 6.45. The van der Waals surface area contributed by atoms with Crippen LogP contribution in [0.5, 0.6) is 11.5 Å². The first kappa shape index (κ1) is 19.0. The Bertz CT molecular complexity index is 968. The van der Waals surface area contributed by atoms with Crippen LogP contribution in [0.25, 0.3) is 0 Å². The summed E-state index contributed by atoms with van der Waals surface area (Å²) in [6, 6.07) is 15.3. The summed E-state index contributed by atoms with van der Waals surface area (Å²) >= 11 is 0. The molecule has 2 aromatic carbocycles. The first-order valence-corrected chi connectivity index (χ1v) is 10.7. The Morgan fingerprint density at radius 2 is 1.83 bits per heavy atom. The predicted octanol–water partition coefficient (Wildman–Crippen LogP) is 4.28. The van der Waals surface area contributed by atoms with Crippen molar-refractivity contribution in [1.82, 2.24) is 4.90 Å². The number of amides is 2. The summed E-state index contributed by atoms with van der Waals surface area (Å²) in [7, 11) is 0. The zero-order valence-electron chi connectivity index (χ0n) is 17.1. The average molecular weight is 406 g/mol. The van der Waals surface area contributed by atoms with E-state index in [1.165, 1.54) is 0 Å². The van der Waals surface area contributed by atoms with E-state index in [-0.39, 0.29) is 30.2 Å². The van der Waals surface area contributed by atoms with Gasteiger partial charge in [0.2, 0.25) is 11.8 Å². The van der Waals surface area contributed by atoms with Gasteiger partial charge in [-0.3, -0.25) is 9.59 Å². The lowest BCUT2D eigenvalue weighted by atomic mass is 10.1. The number of fused-ring (bicyclic) bond motifs is 1. The van der Waals surface area contributed by atoms with Crippen LogP contribution in [-0.4, -0.2) is 29.0 Å². The molecule has 5 rings (SSSR count). The first-order chi connectivity index (χ1) is 14.5. The van der Waals surface area contributed by atoms with E-state index in [4.69, 9.17) is 9.47 Å². The Morgan fingerprint density at radius 1 is 1.10 bits per heavy atom. The molecule has 2 atom stereocenters. The number of nitrogens with one attached hydrogen (secondary N) is 1. The smallest absolute Gasteiger partial charge is 0.251 e. The average Bonchev–Trinajstić information content (AvgIpc) is 3.46. The molecule has 2 aliphatic heterocycles. The lowest BCUT2D eigenvalue weighted by Gasteiger charge is -2.25. The van der Waals surface area contributed by atoms with Crippen LogP contribution in [0.1, 0.15) is 50.6 Å². The molecule has 6 heteroatoms. The van der Waals surface area contributed by atoms with Gasteiger partial charge in [-0.05, 0) is 37.5 Å². The molecule has 3 aliphatic rings. The fraction of sp³-hybridized carbons (Fsp3) is 0.417. The number of nitrogens with zero attached hydrogens (tertiary/aromatic N) is 1. The molecule has 0 unspecified atom stereocenters. The van der Waals surface area contributed by atoms with E-state index in [0.717, 1.165) is 37.0 Å². The zero-order chi connectivity index (χ0) is 20.7. The van der Waals surface area contributed by atoms with Crippen LogP contribution in [0.15, 0.2) is 48.5 Å². The van der Waals surface area contributed by atoms with Gasteiger partial charge in [0, 0.05) is 37.6 Å². The van der Waals surface area contributed by atoms with Crippen LogP contribution in [0, 0.1) is 5.92 Å². The third-order valence-corrected chi connectivity index (χ3v) is 6.45. The summed E-state index contributed by atoms with van der Waals surface area (Å²) in [5, 5.41) is 2.96. The van der Waals surface area contributed by atoms with Crippen LogP contribution in [0.4, 0.5) is 5.69 Å². The van der Waals surface area contributed by atoms with Crippen molar-refractivity contribution in [2.24, 2.45) is 5.92 Å². The van der Waals surface area contributed by atoms with Gasteiger partial charge in [0.05, 0.1) is 12.0 Å². The summed E-state index contributed by atoms with van der Waals surface area (Å²) in [4.78, 5) is 27.2. The Labute approximate surface area is 176 Å². The van der Waals surface area contributed by atoms with Crippen molar-refractivity contribution in [2.45, 2.75) is 50.9 Å². The van der Waals surface area contributed by atoms with Crippen LogP contribution in [-0.2, 0) is 9.59 Å². The van der Waals surface area contributed by atoms with E-state index in [1.54, 1.807) is 4.90 Å². The van der Waals surface area contributed by atoms with Crippen LogP contribution >= 0.6 is 0 Å². The molecule has 1 aliphatic carbocycles. The Hall–Kier alpha value is -3.02. The van der Waals surface area contributed by atoms with Gasteiger partial charge in [-0.1, -0.05) is 30.3 Å². The number of anilines is 1. The minimum atomic E-state index is -0.517. The molecule has 6 nitrogen and oxygen atoms in total. The topological polar surface area (TPSA) is 67.9 Å². The highest BCUT2D eigenvalue weighted by Crippen LogP contribution is 2.47. The van der Waals surface area contributed by atoms with Gasteiger partial charge in [0.1, 0.15) is 0 Å². The highest BCUT2D eigenvalue weighted by Gasteiger charge is 2.44. The predicted molar refractivity (Wildman–Crippen MR) is 112 cm³/mol. The van der Waals surface area contributed by atoms with Gasteiger partial charge in [-0.15, -0.1) is 0 Å². The summed E-state index contributed by atoms with van der Waals surface area (Å²) in [5.41, 5.74) is 1.74. The maximum absolute atomic E-state index is 12.9. The van der Waals surface area contributed by atoms with E-state index in [1.807, 2.05) is 55.5 Å². The maximum Gasteiger partial charge on any atom is 0.251 e. The van der Waals surface area contributed by atoms with Gasteiger partial charge in [0.25, 0.3) is 5.79 Å². The van der Waals surface area contributed by atoms with E-state index in [9.17, 15) is 9.59 Å². The second-order valence-electron chi connectivity index (χ2n) is 8.51. The molecule has 156 valence electrons. The number of hydrogen-bond donors (Lipinski definition) is 1. The first-order valence-electron chi connectivity index (χ1n) is 10.7. The number of likely N-dealkylation sites (tertiary alicyclic amines) is 1. The van der Waals surface area contributed by atoms with Gasteiger partial charge >= 0.3 is 0 Å². The molecule has 0 radical (unpaired) electrons. The standard InChI is InChI=1S/C24H26N2O4/c1-16(17-7-3-2-4-8-17)26-15-18(13-22(26)27)23(28)25-19-9-10-20-21(14-19)30-24(29-20)11-5-6-12-24/h2-4,7-10,14,16,18H,5-6,11-13,15H2,1H3,(H,25,28)/t16-,18+/m0/s1. The summed E-state index contributed by atoms with van der Waals surface area (Å²) in [6.45, 7) is 2.43. The summed E-state index contributed by atoms with van der Waals surface area (Å²) in [6.07, 6.45) is 4.22. The second-order valence-corrected chi connectivity index (χ2v) is 8.51. The summed E-state index contributed by atoms with van der Waals surface area (Å²) in [5.74, 6) is 0.401. The maximum atomic E-state index is 12.9. The molecule has 30 heavy (non-hydrogen) atoms. The van der Waals surface area contributed by atoms with Crippen molar-refractivity contribution in [3.05, 3.63) is 54.1 Å². The summed E-state index contributed by atoms with van der Waals surface area (Å²) < 4.78 is 12.1. The fourth-order valence-electron chi connectivity index (χ4n) is 4.73. The SMILES string of the molecule is C[C@@H](c1ccccc1)N1C[C@H](C(=O)Nc2ccc3c(c2)OC2(CCCC2)O3)CC1=O. The number of hydrogen-bond acceptors (Lipinski definition) is 4. The van der Waals surface area contributed by atoms with Crippen molar-refractivity contribution in [2.75, 3.05) is 11.9 Å². The largest absolute Gasteiger partial charge is 0.448 e. The number of rotatable bonds is 4. The van der Waals surface area contributed by atoms with Crippen molar-refractivity contribution >= 4 is 17.5 Å².